The zero-order valence-corrected chi connectivity index (χ0v) is 9.55. The van der Waals surface area contributed by atoms with Crippen molar-refractivity contribution in [3.63, 3.8) is 0 Å². The van der Waals surface area contributed by atoms with Crippen LogP contribution in [-0.4, -0.2) is 15.0 Å². The third-order valence-electron chi connectivity index (χ3n) is 2.36. The van der Waals surface area contributed by atoms with Crippen LogP contribution in [0.15, 0.2) is 42.7 Å². The number of rotatable bonds is 2. The van der Waals surface area contributed by atoms with Gasteiger partial charge < -0.3 is 4.74 Å². The fourth-order valence-electron chi connectivity index (χ4n) is 1.60. The first kappa shape index (κ1) is 11.5. The molecule has 0 radical (unpaired) electrons. The quantitative estimate of drug-likeness (QED) is 0.709. The summed E-state index contributed by atoms with van der Waals surface area (Å²) < 4.78 is 31.3. The minimum Gasteiger partial charge on any atom is -0.439 e. The van der Waals surface area contributed by atoms with Crippen LogP contribution in [0.3, 0.4) is 0 Å². The van der Waals surface area contributed by atoms with Crippen LogP contribution >= 0.6 is 0 Å². The summed E-state index contributed by atoms with van der Waals surface area (Å²) in [5, 5.41) is 0. The van der Waals surface area contributed by atoms with Crippen LogP contribution in [0.2, 0.25) is 0 Å². The predicted molar refractivity (Wildman–Crippen MR) is 63.8 cm³/mol. The fraction of sp³-hybridized carbons (Fsp3) is 0. The number of nitrogens with zero attached hydrogens (tertiary/aromatic N) is 3. The molecule has 4 nitrogen and oxygen atoms in total. The Morgan fingerprint density at radius 2 is 1.63 bits per heavy atom. The van der Waals surface area contributed by atoms with Crippen LogP contribution in [0.25, 0.3) is 11.2 Å². The second-order valence-corrected chi connectivity index (χ2v) is 3.76. The molecule has 0 unspecified atom stereocenters. The standard InChI is InChI=1S/C13H7F2N3O/c14-8-5-9(15)7-10(6-8)19-12-2-1-11-13(18-12)17-4-3-16-11/h1-7H. The van der Waals surface area contributed by atoms with Crippen LogP contribution in [-0.2, 0) is 0 Å². The van der Waals surface area contributed by atoms with E-state index in [0.717, 1.165) is 18.2 Å². The molecule has 0 saturated heterocycles. The number of halogens is 2. The SMILES string of the molecule is Fc1cc(F)cc(Oc2ccc3nccnc3n2)c1. The Hall–Kier alpha value is -2.63. The van der Waals surface area contributed by atoms with Crippen molar-refractivity contribution < 1.29 is 13.5 Å². The van der Waals surface area contributed by atoms with Gasteiger partial charge in [0, 0.05) is 36.7 Å². The monoisotopic (exact) mass is 259 g/mol. The maximum absolute atomic E-state index is 13.0. The Morgan fingerprint density at radius 1 is 0.895 bits per heavy atom. The van der Waals surface area contributed by atoms with Crippen LogP contribution in [0.5, 0.6) is 11.6 Å². The van der Waals surface area contributed by atoms with Crippen molar-refractivity contribution in [1.29, 1.82) is 0 Å². The van der Waals surface area contributed by atoms with E-state index in [1.807, 2.05) is 0 Å². The Balaban J connectivity index is 1.96. The molecule has 0 aliphatic rings. The van der Waals surface area contributed by atoms with Gasteiger partial charge in [0.1, 0.15) is 22.9 Å². The summed E-state index contributed by atoms with van der Waals surface area (Å²) in [7, 11) is 0. The molecule has 19 heavy (non-hydrogen) atoms. The Labute approximate surface area is 106 Å². The highest BCUT2D eigenvalue weighted by atomic mass is 19.1. The lowest BCUT2D eigenvalue weighted by molar-refractivity contribution is 0.453. The van der Waals surface area contributed by atoms with E-state index in [0.29, 0.717) is 11.2 Å². The highest BCUT2D eigenvalue weighted by Crippen LogP contribution is 2.22. The predicted octanol–water partition coefficient (Wildman–Crippen LogP) is 3.10. The molecule has 2 aromatic heterocycles. The van der Waals surface area contributed by atoms with Crippen LogP contribution in [0, 0.1) is 11.6 Å². The molecular weight excluding hydrogens is 252 g/mol. The molecule has 94 valence electrons. The highest BCUT2D eigenvalue weighted by molar-refractivity contribution is 5.69. The van der Waals surface area contributed by atoms with E-state index < -0.39 is 11.6 Å². The molecule has 0 aliphatic carbocycles. The van der Waals surface area contributed by atoms with Crippen molar-refractivity contribution >= 4 is 11.2 Å². The molecule has 0 aliphatic heterocycles. The van der Waals surface area contributed by atoms with Gasteiger partial charge in [0.25, 0.3) is 0 Å². The summed E-state index contributed by atoms with van der Waals surface area (Å²) in [6, 6.07) is 6.14. The summed E-state index contributed by atoms with van der Waals surface area (Å²) in [4.78, 5) is 12.2. The van der Waals surface area contributed by atoms with Gasteiger partial charge in [-0.15, -0.1) is 0 Å². The molecule has 0 amide bonds. The van der Waals surface area contributed by atoms with Gasteiger partial charge in [-0.3, -0.25) is 4.98 Å². The molecule has 0 fully saturated rings. The minimum atomic E-state index is -0.712. The minimum absolute atomic E-state index is 0.0354. The molecule has 0 N–H and O–H groups in total. The highest BCUT2D eigenvalue weighted by Gasteiger charge is 2.05. The van der Waals surface area contributed by atoms with Crippen molar-refractivity contribution in [2.45, 2.75) is 0 Å². The number of pyridine rings is 1. The summed E-state index contributed by atoms with van der Waals surface area (Å²) in [5.74, 6) is -1.20. The van der Waals surface area contributed by atoms with Gasteiger partial charge in [0.2, 0.25) is 5.88 Å². The van der Waals surface area contributed by atoms with Crippen molar-refractivity contribution in [2.24, 2.45) is 0 Å². The first-order valence-electron chi connectivity index (χ1n) is 5.42. The first-order valence-corrected chi connectivity index (χ1v) is 5.42. The molecule has 0 bridgehead atoms. The van der Waals surface area contributed by atoms with Crippen LogP contribution < -0.4 is 4.74 Å². The molecule has 0 saturated carbocycles. The molecule has 0 spiro atoms. The Morgan fingerprint density at radius 3 is 2.42 bits per heavy atom. The van der Waals surface area contributed by atoms with Crippen molar-refractivity contribution in [1.82, 2.24) is 15.0 Å². The summed E-state index contributed by atoms with van der Waals surface area (Å²) in [5.41, 5.74) is 1.01. The smallest absolute Gasteiger partial charge is 0.221 e. The molecule has 2 heterocycles. The Kier molecular flexibility index (Phi) is 2.75. The number of fused-ring (bicyclic) bond motifs is 1. The maximum Gasteiger partial charge on any atom is 0.221 e. The summed E-state index contributed by atoms with van der Waals surface area (Å²) >= 11 is 0. The van der Waals surface area contributed by atoms with Crippen molar-refractivity contribution in [2.75, 3.05) is 0 Å². The molecule has 3 rings (SSSR count). The van der Waals surface area contributed by atoms with Gasteiger partial charge in [-0.25, -0.2) is 13.8 Å². The Bertz CT molecular complexity index is 729. The molecule has 1 aromatic carbocycles. The van der Waals surface area contributed by atoms with Crippen LogP contribution in [0.1, 0.15) is 0 Å². The first-order chi connectivity index (χ1) is 9.20. The molecule has 3 aromatic rings. The second kappa shape index (κ2) is 4.56. The van der Waals surface area contributed by atoms with Crippen molar-refractivity contribution in [3.8, 4) is 11.6 Å². The average Bonchev–Trinajstić information content (AvgIpc) is 2.37. The van der Waals surface area contributed by atoms with Crippen LogP contribution in [0.4, 0.5) is 8.78 Å². The third kappa shape index (κ3) is 2.47. The van der Waals surface area contributed by atoms with Gasteiger partial charge in [-0.2, -0.15) is 4.98 Å². The number of benzene rings is 1. The van der Waals surface area contributed by atoms with E-state index in [1.54, 1.807) is 18.3 Å². The second-order valence-electron chi connectivity index (χ2n) is 3.76. The third-order valence-corrected chi connectivity index (χ3v) is 2.36. The van der Waals surface area contributed by atoms with E-state index in [-0.39, 0.29) is 11.6 Å². The number of hydrogen-bond donors (Lipinski definition) is 0. The van der Waals surface area contributed by atoms with Gasteiger partial charge in [-0.1, -0.05) is 0 Å². The lowest BCUT2D eigenvalue weighted by Gasteiger charge is -2.05. The van der Waals surface area contributed by atoms with E-state index in [2.05, 4.69) is 15.0 Å². The van der Waals surface area contributed by atoms with E-state index in [4.69, 9.17) is 4.74 Å². The fourth-order valence-corrected chi connectivity index (χ4v) is 1.60. The number of ether oxygens (including phenoxy) is 1. The van der Waals surface area contributed by atoms with Gasteiger partial charge in [0.15, 0.2) is 5.65 Å². The molecule has 0 atom stereocenters. The number of aromatic nitrogens is 3. The summed E-state index contributed by atoms with van der Waals surface area (Å²) in [6.07, 6.45) is 3.05. The zero-order valence-electron chi connectivity index (χ0n) is 9.55. The molecule has 6 heteroatoms. The average molecular weight is 259 g/mol. The number of hydrogen-bond acceptors (Lipinski definition) is 4. The maximum atomic E-state index is 13.0. The summed E-state index contributed by atoms with van der Waals surface area (Å²) in [6.45, 7) is 0. The van der Waals surface area contributed by atoms with Crippen molar-refractivity contribution in [3.05, 3.63) is 54.4 Å². The van der Waals surface area contributed by atoms with E-state index in [1.165, 1.54) is 6.20 Å². The van der Waals surface area contributed by atoms with Gasteiger partial charge in [0.05, 0.1) is 0 Å². The van der Waals surface area contributed by atoms with E-state index >= 15 is 0 Å². The lowest BCUT2D eigenvalue weighted by atomic mass is 10.3. The van der Waals surface area contributed by atoms with Gasteiger partial charge >= 0.3 is 0 Å². The van der Waals surface area contributed by atoms with Gasteiger partial charge in [-0.05, 0) is 6.07 Å². The lowest BCUT2D eigenvalue weighted by Crippen LogP contribution is -1.92. The normalized spacial score (nSPS) is 10.6. The van der Waals surface area contributed by atoms with E-state index in [9.17, 15) is 8.78 Å². The molecular formula is C13H7F2N3O. The largest absolute Gasteiger partial charge is 0.439 e. The zero-order chi connectivity index (χ0) is 13.2. The topological polar surface area (TPSA) is 47.9 Å².